The van der Waals surface area contributed by atoms with Gasteiger partial charge in [-0.05, 0) is 39.9 Å². The highest BCUT2D eigenvalue weighted by atomic mass is 35.5. The minimum absolute atomic E-state index is 0. The predicted octanol–water partition coefficient (Wildman–Crippen LogP) is 3.11. The van der Waals surface area contributed by atoms with Crippen LogP contribution < -0.4 is 0 Å². The number of nitrogens with zero attached hydrogens (tertiary/aromatic N) is 3. The van der Waals surface area contributed by atoms with E-state index >= 15 is 0 Å². The molecular formula is C12H26ClN3. The number of hydrogen-bond donors (Lipinski definition) is 0. The van der Waals surface area contributed by atoms with E-state index in [1.807, 2.05) is 0 Å². The fraction of sp³-hybridized carbons (Fsp3) is 0.917. The maximum absolute atomic E-state index is 4.32. The molecule has 0 aliphatic heterocycles. The van der Waals surface area contributed by atoms with E-state index in [-0.39, 0.29) is 12.4 Å². The molecule has 0 aromatic heterocycles. The van der Waals surface area contributed by atoms with E-state index in [4.69, 9.17) is 0 Å². The Bertz CT molecular complexity index is 198. The number of aliphatic imine (C=N–C) groups is 2. The molecule has 0 saturated heterocycles. The molecule has 16 heavy (non-hydrogen) atoms. The molecule has 0 aliphatic rings. The van der Waals surface area contributed by atoms with Gasteiger partial charge in [-0.15, -0.1) is 12.4 Å². The zero-order valence-corrected chi connectivity index (χ0v) is 11.9. The first-order chi connectivity index (χ1) is 7.20. The molecule has 0 aromatic carbocycles. The molecule has 0 heterocycles. The van der Waals surface area contributed by atoms with Crippen molar-refractivity contribution in [2.45, 2.75) is 45.6 Å². The smallest absolute Gasteiger partial charge is 0.0895 e. The van der Waals surface area contributed by atoms with E-state index in [1.165, 1.54) is 6.42 Å². The zero-order chi connectivity index (χ0) is 11.5. The second-order valence-electron chi connectivity index (χ2n) is 4.12. The Hall–Kier alpha value is -0.370. The standard InChI is InChI=1S/C12H25N3.ClH/c1-5-8-12(6-2)14-11-13-9-7-10-15(3)4;/h12H,5-10H2,1-4H3;1H. The van der Waals surface area contributed by atoms with Gasteiger partial charge in [0.15, 0.2) is 0 Å². The molecule has 0 aliphatic carbocycles. The second kappa shape index (κ2) is 12.7. The van der Waals surface area contributed by atoms with Crippen molar-refractivity contribution in [3.05, 3.63) is 0 Å². The van der Waals surface area contributed by atoms with Crippen molar-refractivity contribution < 1.29 is 0 Å². The zero-order valence-electron chi connectivity index (χ0n) is 11.1. The van der Waals surface area contributed by atoms with Crippen LogP contribution in [-0.2, 0) is 0 Å². The summed E-state index contributed by atoms with van der Waals surface area (Å²) in [6, 6.07) is 3.25. The van der Waals surface area contributed by atoms with Gasteiger partial charge in [0.05, 0.1) is 18.6 Å². The average molecular weight is 248 g/mol. The maximum Gasteiger partial charge on any atom is 0.0895 e. The summed E-state index contributed by atoms with van der Waals surface area (Å²) < 4.78 is 0. The summed E-state index contributed by atoms with van der Waals surface area (Å²) in [6.07, 6.45) is 4.51. The average Bonchev–Trinajstić information content (AvgIpc) is 2.21. The first-order valence-electron chi connectivity index (χ1n) is 5.96. The largest absolute Gasteiger partial charge is 0.309 e. The normalized spacial score (nSPS) is 11.6. The van der Waals surface area contributed by atoms with Gasteiger partial charge in [-0.3, -0.25) is 0 Å². The Morgan fingerprint density at radius 2 is 1.94 bits per heavy atom. The third-order valence-electron chi connectivity index (χ3n) is 2.28. The fourth-order valence-electron chi connectivity index (χ4n) is 1.33. The van der Waals surface area contributed by atoms with Crippen LogP contribution in [0.4, 0.5) is 0 Å². The van der Waals surface area contributed by atoms with E-state index in [0.29, 0.717) is 6.04 Å². The Kier molecular flexibility index (Phi) is 14.3. The van der Waals surface area contributed by atoms with Crippen LogP contribution in [0, 0.1) is 0 Å². The molecule has 0 saturated carbocycles. The minimum atomic E-state index is 0. The maximum atomic E-state index is 4.32. The highest BCUT2D eigenvalue weighted by Gasteiger charge is 1.99. The first-order valence-corrected chi connectivity index (χ1v) is 5.96. The molecule has 4 heteroatoms. The van der Waals surface area contributed by atoms with E-state index in [0.717, 1.165) is 32.4 Å². The molecule has 0 rings (SSSR count). The van der Waals surface area contributed by atoms with E-state index in [1.54, 1.807) is 0 Å². The van der Waals surface area contributed by atoms with Gasteiger partial charge in [-0.25, -0.2) is 9.98 Å². The van der Waals surface area contributed by atoms with Crippen molar-refractivity contribution in [3.63, 3.8) is 0 Å². The van der Waals surface area contributed by atoms with Gasteiger partial charge in [0.25, 0.3) is 0 Å². The Morgan fingerprint density at radius 3 is 2.44 bits per heavy atom. The molecule has 1 unspecified atom stereocenters. The third-order valence-corrected chi connectivity index (χ3v) is 2.28. The third kappa shape index (κ3) is 11.7. The molecule has 1 atom stereocenters. The summed E-state index contributed by atoms with van der Waals surface area (Å²) >= 11 is 0. The number of rotatable bonds is 8. The van der Waals surface area contributed by atoms with Crippen LogP contribution in [-0.4, -0.2) is 44.1 Å². The molecule has 0 fully saturated rings. The Balaban J connectivity index is 0. The lowest BCUT2D eigenvalue weighted by Crippen LogP contribution is -2.13. The van der Waals surface area contributed by atoms with Gasteiger partial charge in [0, 0.05) is 0 Å². The van der Waals surface area contributed by atoms with Crippen LogP contribution in [0.15, 0.2) is 9.98 Å². The van der Waals surface area contributed by atoms with Crippen molar-refractivity contribution in [2.75, 3.05) is 27.2 Å². The van der Waals surface area contributed by atoms with Gasteiger partial charge in [0.2, 0.25) is 0 Å². The summed E-state index contributed by atoms with van der Waals surface area (Å²) in [7, 11) is 4.15. The van der Waals surface area contributed by atoms with Crippen LogP contribution in [0.5, 0.6) is 0 Å². The van der Waals surface area contributed by atoms with Gasteiger partial charge < -0.3 is 4.90 Å². The lowest BCUT2D eigenvalue weighted by molar-refractivity contribution is 0.403. The van der Waals surface area contributed by atoms with E-state index in [2.05, 4.69) is 48.8 Å². The second-order valence-corrected chi connectivity index (χ2v) is 4.12. The van der Waals surface area contributed by atoms with Crippen molar-refractivity contribution in [2.24, 2.45) is 9.98 Å². The van der Waals surface area contributed by atoms with Crippen LogP contribution >= 0.6 is 12.4 Å². The van der Waals surface area contributed by atoms with Gasteiger partial charge in [-0.1, -0.05) is 20.3 Å². The van der Waals surface area contributed by atoms with E-state index in [9.17, 15) is 0 Å². The fourth-order valence-corrected chi connectivity index (χ4v) is 1.33. The summed E-state index contributed by atoms with van der Waals surface area (Å²) in [4.78, 5) is 10.7. The Morgan fingerprint density at radius 1 is 1.25 bits per heavy atom. The van der Waals surface area contributed by atoms with Gasteiger partial charge in [0.1, 0.15) is 0 Å². The number of hydrogen-bond acceptors (Lipinski definition) is 3. The number of halogens is 1. The molecule has 0 aromatic rings. The van der Waals surface area contributed by atoms with Crippen LogP contribution in [0.2, 0.25) is 0 Å². The van der Waals surface area contributed by atoms with Crippen LogP contribution in [0.3, 0.4) is 0 Å². The van der Waals surface area contributed by atoms with Crippen molar-refractivity contribution in [1.29, 1.82) is 0 Å². The first kappa shape index (κ1) is 18.0. The van der Waals surface area contributed by atoms with Crippen molar-refractivity contribution in [3.8, 4) is 0 Å². The summed E-state index contributed by atoms with van der Waals surface area (Å²) in [5.74, 6) is 0. The minimum Gasteiger partial charge on any atom is -0.309 e. The monoisotopic (exact) mass is 247 g/mol. The molecule has 0 bridgehead atoms. The van der Waals surface area contributed by atoms with Crippen LogP contribution in [0.25, 0.3) is 0 Å². The lowest BCUT2D eigenvalue weighted by atomic mass is 10.1. The molecule has 0 radical (unpaired) electrons. The predicted molar refractivity (Wildman–Crippen MR) is 74.1 cm³/mol. The van der Waals surface area contributed by atoms with Crippen molar-refractivity contribution in [1.82, 2.24) is 4.90 Å². The highest BCUT2D eigenvalue weighted by Crippen LogP contribution is 2.04. The summed E-state index contributed by atoms with van der Waals surface area (Å²) in [6.45, 7) is 6.27. The van der Waals surface area contributed by atoms with E-state index < -0.39 is 0 Å². The quantitative estimate of drug-likeness (QED) is 0.479. The van der Waals surface area contributed by atoms with Gasteiger partial charge in [-0.2, -0.15) is 0 Å². The van der Waals surface area contributed by atoms with Crippen molar-refractivity contribution >= 4 is 18.4 Å². The summed E-state index contributed by atoms with van der Waals surface area (Å²) in [5, 5.41) is 0. The highest BCUT2D eigenvalue weighted by molar-refractivity contribution is 5.85. The molecule has 96 valence electrons. The molecule has 0 N–H and O–H groups in total. The summed E-state index contributed by atoms with van der Waals surface area (Å²) in [5.41, 5.74) is 0. The molecule has 3 nitrogen and oxygen atoms in total. The molecule has 0 spiro atoms. The van der Waals surface area contributed by atoms with Gasteiger partial charge >= 0.3 is 0 Å². The topological polar surface area (TPSA) is 28.0 Å². The van der Waals surface area contributed by atoms with Crippen LogP contribution in [0.1, 0.15) is 39.5 Å². The Labute approximate surface area is 106 Å². The SMILES string of the molecule is CCCC(CC)N=C=NCCCN(C)C.Cl. The molecule has 0 amide bonds. The lowest BCUT2D eigenvalue weighted by Gasteiger charge is -2.06. The molecular weight excluding hydrogens is 222 g/mol.